The zero-order valence-electron chi connectivity index (χ0n) is 11.0. The quantitative estimate of drug-likeness (QED) is 0.289. The molecule has 17 heavy (non-hydrogen) atoms. The van der Waals surface area contributed by atoms with Gasteiger partial charge in [0.2, 0.25) is 0 Å². The van der Waals surface area contributed by atoms with E-state index in [1.54, 1.807) is 0 Å². The van der Waals surface area contributed by atoms with Crippen molar-refractivity contribution in [1.29, 1.82) is 0 Å². The molecule has 0 aliphatic carbocycles. The van der Waals surface area contributed by atoms with Crippen LogP contribution in [0.25, 0.3) is 0 Å². The summed E-state index contributed by atoms with van der Waals surface area (Å²) in [4.78, 5) is 11.2. The SMILES string of the molecule is C=C(C)COCCNCC=C(CC)C(=O)OC. The van der Waals surface area contributed by atoms with Crippen LogP contribution in [-0.4, -0.2) is 39.4 Å². The van der Waals surface area contributed by atoms with Crippen LogP contribution in [0.4, 0.5) is 0 Å². The van der Waals surface area contributed by atoms with Gasteiger partial charge >= 0.3 is 5.97 Å². The van der Waals surface area contributed by atoms with Crippen molar-refractivity contribution in [2.75, 3.05) is 33.4 Å². The van der Waals surface area contributed by atoms with Crippen molar-refractivity contribution in [2.45, 2.75) is 20.3 Å². The molecule has 0 spiro atoms. The first-order valence-corrected chi connectivity index (χ1v) is 5.82. The lowest BCUT2D eigenvalue weighted by atomic mass is 10.2. The number of esters is 1. The molecule has 0 saturated heterocycles. The first kappa shape index (κ1) is 15.9. The lowest BCUT2D eigenvalue weighted by molar-refractivity contribution is -0.136. The maximum atomic E-state index is 11.2. The van der Waals surface area contributed by atoms with Crippen molar-refractivity contribution < 1.29 is 14.3 Å². The zero-order chi connectivity index (χ0) is 13.1. The van der Waals surface area contributed by atoms with E-state index in [0.717, 1.165) is 12.1 Å². The van der Waals surface area contributed by atoms with E-state index in [2.05, 4.69) is 16.6 Å². The molecule has 0 rings (SSSR count). The summed E-state index contributed by atoms with van der Waals surface area (Å²) in [6.07, 6.45) is 2.53. The number of nitrogens with one attached hydrogen (secondary N) is 1. The Morgan fingerprint density at radius 2 is 2.18 bits per heavy atom. The van der Waals surface area contributed by atoms with E-state index < -0.39 is 0 Å². The van der Waals surface area contributed by atoms with Crippen LogP contribution < -0.4 is 5.32 Å². The Kier molecular flexibility index (Phi) is 9.38. The molecule has 0 unspecified atom stereocenters. The van der Waals surface area contributed by atoms with Gasteiger partial charge in [-0.2, -0.15) is 0 Å². The summed E-state index contributed by atoms with van der Waals surface area (Å²) in [5.41, 5.74) is 1.71. The molecule has 0 aliphatic heterocycles. The third-order valence-corrected chi connectivity index (χ3v) is 2.09. The number of rotatable bonds is 9. The van der Waals surface area contributed by atoms with E-state index in [0.29, 0.717) is 31.8 Å². The highest BCUT2D eigenvalue weighted by Gasteiger charge is 2.05. The minimum absolute atomic E-state index is 0.257. The van der Waals surface area contributed by atoms with Gasteiger partial charge in [-0.3, -0.25) is 0 Å². The highest BCUT2D eigenvalue weighted by Crippen LogP contribution is 2.01. The lowest BCUT2D eigenvalue weighted by Gasteiger charge is -2.05. The molecule has 4 nitrogen and oxygen atoms in total. The van der Waals surface area contributed by atoms with Crippen molar-refractivity contribution in [1.82, 2.24) is 5.32 Å². The number of hydrogen-bond donors (Lipinski definition) is 1. The molecule has 0 aromatic carbocycles. The fourth-order valence-corrected chi connectivity index (χ4v) is 1.19. The van der Waals surface area contributed by atoms with Crippen LogP contribution in [0.5, 0.6) is 0 Å². The molecule has 4 heteroatoms. The third kappa shape index (κ3) is 8.65. The largest absolute Gasteiger partial charge is 0.466 e. The molecule has 0 aromatic heterocycles. The average Bonchev–Trinajstić information content (AvgIpc) is 2.31. The molecular weight excluding hydrogens is 218 g/mol. The van der Waals surface area contributed by atoms with Crippen molar-refractivity contribution in [2.24, 2.45) is 0 Å². The van der Waals surface area contributed by atoms with Gasteiger partial charge in [-0.1, -0.05) is 25.2 Å². The topological polar surface area (TPSA) is 47.6 Å². The minimum atomic E-state index is -0.257. The number of hydrogen-bond acceptors (Lipinski definition) is 4. The first-order valence-electron chi connectivity index (χ1n) is 5.82. The number of carbonyl (C=O) groups is 1. The molecule has 0 fully saturated rings. The van der Waals surface area contributed by atoms with Gasteiger partial charge in [-0.15, -0.1) is 0 Å². The summed E-state index contributed by atoms with van der Waals surface area (Å²) in [7, 11) is 1.39. The first-order chi connectivity index (χ1) is 8.11. The maximum Gasteiger partial charge on any atom is 0.333 e. The molecule has 0 aromatic rings. The van der Waals surface area contributed by atoms with Gasteiger partial charge in [-0.25, -0.2) is 4.79 Å². The van der Waals surface area contributed by atoms with Crippen LogP contribution in [-0.2, 0) is 14.3 Å². The van der Waals surface area contributed by atoms with Crippen molar-refractivity contribution >= 4 is 5.97 Å². The second-order valence-electron chi connectivity index (χ2n) is 3.79. The van der Waals surface area contributed by atoms with Gasteiger partial charge in [0.1, 0.15) is 0 Å². The van der Waals surface area contributed by atoms with Crippen molar-refractivity contribution in [3.8, 4) is 0 Å². The van der Waals surface area contributed by atoms with Gasteiger partial charge in [0.15, 0.2) is 0 Å². The summed E-state index contributed by atoms with van der Waals surface area (Å²) in [5.74, 6) is -0.257. The van der Waals surface area contributed by atoms with Crippen LogP contribution >= 0.6 is 0 Å². The Morgan fingerprint density at radius 1 is 1.47 bits per heavy atom. The molecule has 0 bridgehead atoms. The summed E-state index contributed by atoms with van der Waals surface area (Å²) < 4.78 is 9.98. The number of ether oxygens (including phenoxy) is 2. The highest BCUT2D eigenvalue weighted by atomic mass is 16.5. The zero-order valence-corrected chi connectivity index (χ0v) is 11.0. The molecule has 0 aliphatic rings. The van der Waals surface area contributed by atoms with Gasteiger partial charge in [-0.05, 0) is 13.3 Å². The lowest BCUT2D eigenvalue weighted by Crippen LogP contribution is -2.21. The molecule has 0 saturated carbocycles. The van der Waals surface area contributed by atoms with Crippen LogP contribution in [0.1, 0.15) is 20.3 Å². The Labute approximate surface area is 104 Å². The monoisotopic (exact) mass is 241 g/mol. The van der Waals surface area contributed by atoms with Crippen molar-refractivity contribution in [3.63, 3.8) is 0 Å². The van der Waals surface area contributed by atoms with Crippen LogP contribution in [0.15, 0.2) is 23.8 Å². The normalized spacial score (nSPS) is 11.4. The van der Waals surface area contributed by atoms with E-state index in [9.17, 15) is 4.79 Å². The van der Waals surface area contributed by atoms with Crippen LogP contribution in [0.3, 0.4) is 0 Å². The average molecular weight is 241 g/mol. The summed E-state index contributed by atoms with van der Waals surface area (Å²) in [6, 6.07) is 0. The molecule has 0 radical (unpaired) electrons. The second kappa shape index (κ2) is 10.1. The summed E-state index contributed by atoms with van der Waals surface area (Å²) >= 11 is 0. The molecular formula is C13H23NO3. The van der Waals surface area contributed by atoms with Crippen LogP contribution in [0, 0.1) is 0 Å². The smallest absolute Gasteiger partial charge is 0.333 e. The van der Waals surface area contributed by atoms with Gasteiger partial charge in [0.25, 0.3) is 0 Å². The van der Waals surface area contributed by atoms with E-state index in [-0.39, 0.29) is 5.97 Å². The number of carbonyl (C=O) groups excluding carboxylic acids is 1. The van der Waals surface area contributed by atoms with E-state index in [4.69, 9.17) is 4.74 Å². The van der Waals surface area contributed by atoms with E-state index >= 15 is 0 Å². The fourth-order valence-electron chi connectivity index (χ4n) is 1.19. The Hall–Kier alpha value is -1.13. The predicted molar refractivity (Wildman–Crippen MR) is 68.9 cm³/mol. The predicted octanol–water partition coefficient (Wildman–Crippen LogP) is 1.68. The highest BCUT2D eigenvalue weighted by molar-refractivity contribution is 5.88. The Morgan fingerprint density at radius 3 is 2.71 bits per heavy atom. The molecule has 0 atom stereocenters. The maximum absolute atomic E-state index is 11.2. The molecule has 98 valence electrons. The molecule has 0 amide bonds. The summed E-state index contributed by atoms with van der Waals surface area (Å²) in [6.45, 7) is 10.2. The Balaban J connectivity index is 3.63. The van der Waals surface area contributed by atoms with Gasteiger partial charge < -0.3 is 14.8 Å². The van der Waals surface area contributed by atoms with Gasteiger partial charge in [0.05, 0.1) is 20.3 Å². The molecule has 1 N–H and O–H groups in total. The number of methoxy groups -OCH3 is 1. The molecule has 0 heterocycles. The second-order valence-corrected chi connectivity index (χ2v) is 3.79. The Bertz CT molecular complexity index is 272. The standard InChI is InChI=1S/C13H23NO3/c1-5-12(13(15)16-4)6-7-14-8-9-17-10-11(2)3/h6,14H,2,5,7-10H2,1,3-4H3. The van der Waals surface area contributed by atoms with Crippen molar-refractivity contribution in [3.05, 3.63) is 23.8 Å². The fraction of sp³-hybridized carbons (Fsp3) is 0.615. The minimum Gasteiger partial charge on any atom is -0.466 e. The van der Waals surface area contributed by atoms with Crippen LogP contribution in [0.2, 0.25) is 0 Å². The summed E-state index contributed by atoms with van der Waals surface area (Å²) in [5, 5.41) is 3.16. The van der Waals surface area contributed by atoms with E-state index in [1.165, 1.54) is 7.11 Å². The third-order valence-electron chi connectivity index (χ3n) is 2.09. The van der Waals surface area contributed by atoms with Gasteiger partial charge in [0, 0.05) is 18.7 Å². The van der Waals surface area contributed by atoms with E-state index in [1.807, 2.05) is 19.9 Å².